The van der Waals surface area contributed by atoms with Gasteiger partial charge in [0.25, 0.3) is 0 Å². The van der Waals surface area contributed by atoms with E-state index in [1.54, 1.807) is 0 Å². The van der Waals surface area contributed by atoms with Gasteiger partial charge in [-0.15, -0.1) is 0 Å². The molecule has 1 atom stereocenters. The number of fused-ring (bicyclic) bond motifs is 1. The van der Waals surface area contributed by atoms with Gasteiger partial charge in [-0.05, 0) is 56.6 Å². The maximum Gasteiger partial charge on any atom is 0.133 e. The first-order chi connectivity index (χ1) is 9.83. The van der Waals surface area contributed by atoms with Crippen molar-refractivity contribution in [1.82, 2.24) is 4.98 Å². The molecule has 1 fully saturated rings. The highest BCUT2D eigenvalue weighted by Crippen LogP contribution is 2.32. The maximum absolute atomic E-state index is 9.06. The molecule has 1 aliphatic heterocycles. The van der Waals surface area contributed by atoms with Crippen LogP contribution < -0.4 is 10.6 Å². The minimum atomic E-state index is 0.283. The number of anilines is 1. The molecule has 1 aromatic heterocycles. The Kier molecular flexibility index (Phi) is 4.22. The van der Waals surface area contributed by atoms with Crippen LogP contribution in [-0.2, 0) is 19.4 Å². The Morgan fingerprint density at radius 3 is 3.05 bits per heavy atom. The third-order valence-corrected chi connectivity index (χ3v) is 4.67. The molecule has 0 saturated carbocycles. The summed E-state index contributed by atoms with van der Waals surface area (Å²) in [5.41, 5.74) is 9.83. The summed E-state index contributed by atoms with van der Waals surface area (Å²) in [6, 6.07) is 2.81. The fourth-order valence-corrected chi connectivity index (χ4v) is 3.65. The molecule has 1 saturated heterocycles. The van der Waals surface area contributed by atoms with E-state index < -0.39 is 0 Å². The van der Waals surface area contributed by atoms with Gasteiger partial charge in [-0.2, -0.15) is 0 Å². The molecule has 2 aliphatic rings. The average Bonchev–Trinajstić information content (AvgIpc) is 3.11. The van der Waals surface area contributed by atoms with Crippen molar-refractivity contribution >= 4 is 5.82 Å². The predicted molar refractivity (Wildman–Crippen MR) is 80.8 cm³/mol. The normalized spacial score (nSPS) is 21.5. The molecule has 0 radical (unpaired) electrons. The number of nitrogens with two attached hydrogens (primary N) is 1. The third kappa shape index (κ3) is 2.54. The summed E-state index contributed by atoms with van der Waals surface area (Å²) < 4.78 is 0. The summed E-state index contributed by atoms with van der Waals surface area (Å²) in [6.45, 7) is 1.93. The van der Waals surface area contributed by atoms with E-state index in [2.05, 4.69) is 11.0 Å². The summed E-state index contributed by atoms with van der Waals surface area (Å²) >= 11 is 0. The van der Waals surface area contributed by atoms with Crippen LogP contribution in [0.5, 0.6) is 0 Å². The number of rotatable bonds is 5. The van der Waals surface area contributed by atoms with Crippen LogP contribution in [-0.4, -0.2) is 29.3 Å². The quantitative estimate of drug-likeness (QED) is 0.859. The highest BCUT2D eigenvalue weighted by atomic mass is 16.2. The van der Waals surface area contributed by atoms with Crippen LogP contribution in [0.15, 0.2) is 6.07 Å². The zero-order chi connectivity index (χ0) is 13.9. The van der Waals surface area contributed by atoms with E-state index in [9.17, 15) is 0 Å². The van der Waals surface area contributed by atoms with E-state index in [1.165, 1.54) is 36.1 Å². The number of hydrogen-bond acceptors (Lipinski definition) is 4. The van der Waals surface area contributed by atoms with Gasteiger partial charge in [-0.25, -0.2) is 4.98 Å². The zero-order valence-corrected chi connectivity index (χ0v) is 12.1. The van der Waals surface area contributed by atoms with Gasteiger partial charge in [0, 0.05) is 37.0 Å². The van der Waals surface area contributed by atoms with Gasteiger partial charge in [0.1, 0.15) is 5.82 Å². The van der Waals surface area contributed by atoms with E-state index >= 15 is 0 Å². The van der Waals surface area contributed by atoms with Crippen molar-refractivity contribution in [3.63, 3.8) is 0 Å². The topological polar surface area (TPSA) is 62.4 Å². The van der Waals surface area contributed by atoms with Crippen LogP contribution in [0.2, 0.25) is 0 Å². The second kappa shape index (κ2) is 6.10. The van der Waals surface area contributed by atoms with E-state index in [4.69, 9.17) is 15.8 Å². The lowest BCUT2D eigenvalue weighted by atomic mass is 10.1. The largest absolute Gasteiger partial charge is 0.396 e. The van der Waals surface area contributed by atoms with E-state index in [-0.39, 0.29) is 6.61 Å². The molecule has 20 heavy (non-hydrogen) atoms. The number of hydrogen-bond donors (Lipinski definition) is 2. The highest BCUT2D eigenvalue weighted by Gasteiger charge is 2.28. The molecule has 0 amide bonds. The van der Waals surface area contributed by atoms with Gasteiger partial charge >= 0.3 is 0 Å². The fourth-order valence-electron chi connectivity index (χ4n) is 3.65. The standard InChI is InChI=1S/C16H25N3O/c17-11-13-10-12-4-1-7-15(12)18-16(13)19-8-2-5-14(19)6-3-9-20/h10,14,20H,1-9,11,17H2. The molecule has 1 aromatic rings. The summed E-state index contributed by atoms with van der Waals surface area (Å²) in [4.78, 5) is 7.39. The monoisotopic (exact) mass is 275 g/mol. The minimum Gasteiger partial charge on any atom is -0.396 e. The Bertz CT molecular complexity index is 475. The molecule has 0 bridgehead atoms. The van der Waals surface area contributed by atoms with E-state index in [0.29, 0.717) is 12.6 Å². The molecule has 3 N–H and O–H groups in total. The van der Waals surface area contributed by atoms with Crippen LogP contribution in [0.3, 0.4) is 0 Å². The number of aliphatic hydroxyl groups is 1. The van der Waals surface area contributed by atoms with Crippen LogP contribution in [0.25, 0.3) is 0 Å². The molecular formula is C16H25N3O. The number of aliphatic hydroxyl groups excluding tert-OH is 1. The zero-order valence-electron chi connectivity index (χ0n) is 12.1. The van der Waals surface area contributed by atoms with Crippen LogP contribution in [0.4, 0.5) is 5.82 Å². The van der Waals surface area contributed by atoms with Crippen molar-refractivity contribution < 1.29 is 5.11 Å². The van der Waals surface area contributed by atoms with Gasteiger partial charge in [-0.3, -0.25) is 0 Å². The summed E-state index contributed by atoms with van der Waals surface area (Å²) in [5, 5.41) is 9.06. The summed E-state index contributed by atoms with van der Waals surface area (Å²) in [7, 11) is 0. The van der Waals surface area contributed by atoms with Gasteiger partial charge < -0.3 is 15.7 Å². The lowest BCUT2D eigenvalue weighted by Gasteiger charge is -2.28. The fraction of sp³-hybridized carbons (Fsp3) is 0.688. The summed E-state index contributed by atoms with van der Waals surface area (Å²) in [6.07, 6.45) is 7.86. The highest BCUT2D eigenvalue weighted by molar-refractivity contribution is 5.52. The van der Waals surface area contributed by atoms with Crippen molar-refractivity contribution in [2.45, 2.75) is 57.5 Å². The van der Waals surface area contributed by atoms with Crippen molar-refractivity contribution in [2.24, 2.45) is 5.73 Å². The van der Waals surface area contributed by atoms with E-state index in [0.717, 1.165) is 38.0 Å². The Morgan fingerprint density at radius 2 is 2.25 bits per heavy atom. The number of pyridine rings is 1. The van der Waals surface area contributed by atoms with E-state index in [1.807, 2.05) is 0 Å². The third-order valence-electron chi connectivity index (χ3n) is 4.67. The van der Waals surface area contributed by atoms with Gasteiger partial charge in [0.15, 0.2) is 0 Å². The van der Waals surface area contributed by atoms with Crippen molar-refractivity contribution in [2.75, 3.05) is 18.1 Å². The van der Waals surface area contributed by atoms with Gasteiger partial charge in [-0.1, -0.05) is 0 Å². The number of aromatic nitrogens is 1. The molecule has 1 unspecified atom stereocenters. The molecule has 0 aromatic carbocycles. The Labute approximate surface area is 121 Å². The van der Waals surface area contributed by atoms with Crippen molar-refractivity contribution in [1.29, 1.82) is 0 Å². The lowest BCUT2D eigenvalue weighted by molar-refractivity contribution is 0.279. The smallest absolute Gasteiger partial charge is 0.133 e. The molecule has 1 aliphatic carbocycles. The lowest BCUT2D eigenvalue weighted by Crippen LogP contribution is -2.31. The van der Waals surface area contributed by atoms with Gasteiger partial charge in [0.05, 0.1) is 0 Å². The van der Waals surface area contributed by atoms with Crippen LogP contribution in [0, 0.1) is 0 Å². The van der Waals surface area contributed by atoms with Gasteiger partial charge in [0.2, 0.25) is 0 Å². The van der Waals surface area contributed by atoms with Crippen molar-refractivity contribution in [3.8, 4) is 0 Å². The second-order valence-corrected chi connectivity index (χ2v) is 5.99. The second-order valence-electron chi connectivity index (χ2n) is 5.99. The van der Waals surface area contributed by atoms with Crippen LogP contribution in [0.1, 0.15) is 48.9 Å². The molecule has 4 nitrogen and oxygen atoms in total. The molecule has 2 heterocycles. The Morgan fingerprint density at radius 1 is 1.35 bits per heavy atom. The first-order valence-corrected chi connectivity index (χ1v) is 7.92. The maximum atomic E-state index is 9.06. The predicted octanol–water partition coefficient (Wildman–Crippen LogP) is 1.77. The Balaban J connectivity index is 1.88. The minimum absolute atomic E-state index is 0.283. The molecular weight excluding hydrogens is 250 g/mol. The van der Waals surface area contributed by atoms with Crippen molar-refractivity contribution in [3.05, 3.63) is 22.9 Å². The average molecular weight is 275 g/mol. The molecule has 110 valence electrons. The molecule has 0 spiro atoms. The summed E-state index contributed by atoms with van der Waals surface area (Å²) in [5.74, 6) is 1.12. The first kappa shape index (κ1) is 13.8. The molecule has 3 rings (SSSR count). The Hall–Kier alpha value is -1.13. The SMILES string of the molecule is NCc1cc2c(nc1N1CCCC1CCCO)CCC2. The first-order valence-electron chi connectivity index (χ1n) is 7.92. The molecule has 4 heteroatoms. The number of nitrogens with zero attached hydrogens (tertiary/aromatic N) is 2. The van der Waals surface area contributed by atoms with Crippen LogP contribution >= 0.6 is 0 Å². The number of aryl methyl sites for hydroxylation is 2.